The van der Waals surface area contributed by atoms with Gasteiger partial charge in [0.25, 0.3) is 5.91 Å². The maximum Gasteiger partial charge on any atom is 0.254 e. The van der Waals surface area contributed by atoms with Crippen LogP contribution in [0.25, 0.3) is 0 Å². The van der Waals surface area contributed by atoms with Crippen molar-refractivity contribution in [2.75, 3.05) is 37.7 Å². The Balaban J connectivity index is 1.71. The van der Waals surface area contributed by atoms with Gasteiger partial charge in [-0.25, -0.2) is 0 Å². The van der Waals surface area contributed by atoms with Gasteiger partial charge in [-0.1, -0.05) is 6.42 Å². The average Bonchev–Trinajstić information content (AvgIpc) is 2.81. The Morgan fingerprint density at radius 2 is 1.91 bits per heavy atom. The molecule has 0 aromatic carbocycles. The lowest BCUT2D eigenvalue weighted by atomic mass is 10.1. The summed E-state index contributed by atoms with van der Waals surface area (Å²) in [7, 11) is 0. The Bertz CT molecular complexity index is 476. The standard InChI is InChI=1S/C17H25N3OS/c21-17(15-5-7-18-8-6-15)20-11-4-12-22-14-16(20)13-19-9-2-1-3-10-19/h5-8,16H,1-4,9-14H2. The van der Waals surface area contributed by atoms with Crippen molar-refractivity contribution in [3.05, 3.63) is 30.1 Å². The van der Waals surface area contributed by atoms with Crippen LogP contribution in [0.2, 0.25) is 0 Å². The third-order valence-corrected chi connectivity index (χ3v) is 5.74. The minimum absolute atomic E-state index is 0.173. The fraction of sp³-hybridized carbons (Fsp3) is 0.647. The zero-order chi connectivity index (χ0) is 15.2. The van der Waals surface area contributed by atoms with Crippen LogP contribution < -0.4 is 0 Å². The molecule has 0 saturated carbocycles. The Morgan fingerprint density at radius 1 is 1.14 bits per heavy atom. The van der Waals surface area contributed by atoms with Gasteiger partial charge in [-0.15, -0.1) is 0 Å². The molecule has 3 rings (SSSR count). The first kappa shape index (κ1) is 15.8. The molecule has 2 aliphatic rings. The zero-order valence-electron chi connectivity index (χ0n) is 13.1. The first-order chi connectivity index (χ1) is 10.8. The highest BCUT2D eigenvalue weighted by atomic mass is 32.2. The maximum absolute atomic E-state index is 12.9. The molecule has 1 atom stereocenters. The van der Waals surface area contributed by atoms with Crippen LogP contribution in [0.1, 0.15) is 36.0 Å². The second-order valence-electron chi connectivity index (χ2n) is 6.18. The Labute approximate surface area is 137 Å². The molecule has 0 N–H and O–H groups in total. The van der Waals surface area contributed by atoms with Crippen LogP contribution >= 0.6 is 11.8 Å². The number of hydrogen-bond acceptors (Lipinski definition) is 4. The van der Waals surface area contributed by atoms with E-state index in [9.17, 15) is 4.79 Å². The molecule has 1 aromatic rings. The number of likely N-dealkylation sites (tertiary alicyclic amines) is 1. The smallest absolute Gasteiger partial charge is 0.254 e. The molecule has 2 aliphatic heterocycles. The Kier molecular flexibility index (Phi) is 5.73. The van der Waals surface area contributed by atoms with Gasteiger partial charge >= 0.3 is 0 Å². The number of hydrogen-bond donors (Lipinski definition) is 0. The Hall–Kier alpha value is -1.07. The fourth-order valence-electron chi connectivity index (χ4n) is 3.35. The summed E-state index contributed by atoms with van der Waals surface area (Å²) in [4.78, 5) is 21.6. The van der Waals surface area contributed by atoms with Crippen LogP contribution in [0.4, 0.5) is 0 Å². The fourth-order valence-corrected chi connectivity index (χ4v) is 4.41. The minimum Gasteiger partial charge on any atom is -0.334 e. The molecule has 4 nitrogen and oxygen atoms in total. The lowest BCUT2D eigenvalue weighted by Crippen LogP contribution is -2.49. The molecule has 22 heavy (non-hydrogen) atoms. The van der Waals surface area contributed by atoms with Gasteiger partial charge in [-0.3, -0.25) is 9.78 Å². The van der Waals surface area contributed by atoms with Gasteiger partial charge in [0.1, 0.15) is 0 Å². The first-order valence-corrected chi connectivity index (χ1v) is 9.51. The van der Waals surface area contributed by atoms with Crippen molar-refractivity contribution in [3.8, 4) is 0 Å². The number of carbonyl (C=O) groups excluding carboxylic acids is 1. The maximum atomic E-state index is 12.9. The van der Waals surface area contributed by atoms with Crippen molar-refractivity contribution in [3.63, 3.8) is 0 Å². The number of rotatable bonds is 3. The van der Waals surface area contributed by atoms with E-state index in [1.54, 1.807) is 12.4 Å². The predicted molar refractivity (Wildman–Crippen MR) is 91.3 cm³/mol. The summed E-state index contributed by atoms with van der Waals surface area (Å²) in [5, 5.41) is 0. The monoisotopic (exact) mass is 319 g/mol. The van der Waals surface area contributed by atoms with Crippen molar-refractivity contribution in [2.45, 2.75) is 31.7 Å². The van der Waals surface area contributed by atoms with E-state index in [0.717, 1.165) is 36.6 Å². The quantitative estimate of drug-likeness (QED) is 0.858. The number of aromatic nitrogens is 1. The molecule has 2 saturated heterocycles. The molecule has 3 heterocycles. The van der Waals surface area contributed by atoms with Gasteiger partial charge in [0.15, 0.2) is 0 Å². The summed E-state index contributed by atoms with van der Waals surface area (Å²) in [6.07, 6.45) is 8.47. The van der Waals surface area contributed by atoms with Gasteiger partial charge in [0.2, 0.25) is 0 Å². The number of carbonyl (C=O) groups is 1. The van der Waals surface area contributed by atoms with E-state index in [-0.39, 0.29) is 5.91 Å². The SMILES string of the molecule is O=C(c1ccncc1)N1CCCSCC1CN1CCCCC1. The second kappa shape index (κ2) is 7.97. The van der Waals surface area contributed by atoms with Crippen LogP contribution in [0, 0.1) is 0 Å². The number of nitrogens with zero attached hydrogens (tertiary/aromatic N) is 3. The largest absolute Gasteiger partial charge is 0.334 e. The third-order valence-electron chi connectivity index (χ3n) is 4.54. The van der Waals surface area contributed by atoms with Crippen LogP contribution in [0.5, 0.6) is 0 Å². The normalized spacial score (nSPS) is 24.0. The summed E-state index contributed by atoms with van der Waals surface area (Å²) < 4.78 is 0. The lowest BCUT2D eigenvalue weighted by molar-refractivity contribution is 0.0645. The molecule has 1 amide bonds. The molecule has 1 aromatic heterocycles. The van der Waals surface area contributed by atoms with E-state index in [4.69, 9.17) is 0 Å². The topological polar surface area (TPSA) is 36.4 Å². The number of thioether (sulfide) groups is 1. The predicted octanol–water partition coefficient (Wildman–Crippen LogP) is 2.52. The van der Waals surface area contributed by atoms with Gasteiger partial charge < -0.3 is 9.80 Å². The van der Waals surface area contributed by atoms with E-state index < -0.39 is 0 Å². The molecule has 2 fully saturated rings. The molecule has 0 spiro atoms. The lowest BCUT2D eigenvalue weighted by Gasteiger charge is -2.35. The molecule has 1 unspecified atom stereocenters. The van der Waals surface area contributed by atoms with E-state index in [0.29, 0.717) is 6.04 Å². The van der Waals surface area contributed by atoms with Crippen LogP contribution in [-0.4, -0.2) is 64.4 Å². The molecular weight excluding hydrogens is 294 g/mol. The summed E-state index contributed by atoms with van der Waals surface area (Å²) in [5.74, 6) is 2.40. The van der Waals surface area contributed by atoms with Gasteiger partial charge in [-0.2, -0.15) is 11.8 Å². The van der Waals surface area contributed by atoms with Gasteiger partial charge in [0.05, 0.1) is 6.04 Å². The molecule has 5 heteroatoms. The summed E-state index contributed by atoms with van der Waals surface area (Å²) in [5.41, 5.74) is 0.769. The van der Waals surface area contributed by atoms with Crippen LogP contribution in [0.15, 0.2) is 24.5 Å². The van der Waals surface area contributed by atoms with Crippen molar-refractivity contribution in [1.82, 2.24) is 14.8 Å². The Morgan fingerprint density at radius 3 is 2.68 bits per heavy atom. The molecule has 0 radical (unpaired) electrons. The van der Waals surface area contributed by atoms with Crippen molar-refractivity contribution in [2.24, 2.45) is 0 Å². The van der Waals surface area contributed by atoms with E-state index in [1.807, 2.05) is 23.9 Å². The summed E-state index contributed by atoms with van der Waals surface area (Å²) >= 11 is 2.00. The summed E-state index contributed by atoms with van der Waals surface area (Å²) in [6, 6.07) is 4.00. The number of pyridine rings is 1. The first-order valence-electron chi connectivity index (χ1n) is 8.36. The summed E-state index contributed by atoms with van der Waals surface area (Å²) in [6.45, 7) is 4.30. The molecule has 120 valence electrons. The van der Waals surface area contributed by atoms with E-state index in [1.165, 1.54) is 32.4 Å². The highest BCUT2D eigenvalue weighted by Crippen LogP contribution is 2.21. The molecule has 0 aliphatic carbocycles. The van der Waals surface area contributed by atoms with Crippen LogP contribution in [-0.2, 0) is 0 Å². The van der Waals surface area contributed by atoms with Gasteiger partial charge in [-0.05, 0) is 50.2 Å². The van der Waals surface area contributed by atoms with Gasteiger partial charge in [0, 0.05) is 36.8 Å². The van der Waals surface area contributed by atoms with Crippen molar-refractivity contribution >= 4 is 17.7 Å². The average molecular weight is 319 g/mol. The van der Waals surface area contributed by atoms with Crippen molar-refractivity contribution in [1.29, 1.82) is 0 Å². The van der Waals surface area contributed by atoms with Crippen molar-refractivity contribution < 1.29 is 4.79 Å². The number of amides is 1. The highest BCUT2D eigenvalue weighted by molar-refractivity contribution is 7.99. The third kappa shape index (κ3) is 4.02. The van der Waals surface area contributed by atoms with E-state index in [2.05, 4.69) is 14.8 Å². The number of piperidine rings is 1. The van der Waals surface area contributed by atoms with Crippen LogP contribution in [0.3, 0.4) is 0 Å². The zero-order valence-corrected chi connectivity index (χ0v) is 13.9. The second-order valence-corrected chi connectivity index (χ2v) is 7.33. The molecule has 0 bridgehead atoms. The van der Waals surface area contributed by atoms with E-state index >= 15 is 0 Å². The minimum atomic E-state index is 0.173. The highest BCUT2D eigenvalue weighted by Gasteiger charge is 2.28. The molecular formula is C17H25N3OS.